The van der Waals surface area contributed by atoms with Gasteiger partial charge in [-0.15, -0.1) is 6.92 Å². The van der Waals surface area contributed by atoms with Gasteiger partial charge in [-0.3, -0.25) is 6.08 Å². The summed E-state index contributed by atoms with van der Waals surface area (Å²) in [5, 5.41) is 3.55. The minimum Gasteiger partial charge on any atom is -1.00 e. The zero-order valence-electron chi connectivity index (χ0n) is 55.3. The third-order valence-corrected chi connectivity index (χ3v) is 24.4. The molecule has 9 aromatic carbocycles. The van der Waals surface area contributed by atoms with Gasteiger partial charge >= 0.3 is 21.7 Å². The van der Waals surface area contributed by atoms with Crippen LogP contribution in [0.4, 0.5) is 0 Å². The van der Waals surface area contributed by atoms with E-state index in [1.54, 1.807) is 0 Å². The molecule has 0 spiro atoms. The van der Waals surface area contributed by atoms with Gasteiger partial charge in [-0.05, 0) is 292 Å². The first-order valence-corrected chi connectivity index (χ1v) is 31.9. The molecule has 0 saturated carbocycles. The normalized spacial score (nSPS) is 13.9. The Hall–Kier alpha value is -5.74. The summed E-state index contributed by atoms with van der Waals surface area (Å²) >= 11 is 0. The summed E-state index contributed by atoms with van der Waals surface area (Å²) in [6.07, 6.45) is 4.51. The first kappa shape index (κ1) is 69.4. The molecule has 0 aromatic heterocycles. The minimum atomic E-state index is -3.71. The van der Waals surface area contributed by atoms with Crippen LogP contribution in [0.5, 0.6) is 0 Å². The van der Waals surface area contributed by atoms with Crippen molar-refractivity contribution in [2.75, 3.05) is 0 Å². The van der Waals surface area contributed by atoms with Gasteiger partial charge in [-0.1, -0.05) is 168 Å². The van der Waals surface area contributed by atoms with E-state index < -0.39 is 13.1 Å². The Balaban J connectivity index is 0.00000296. The van der Waals surface area contributed by atoms with Gasteiger partial charge in [-0.2, -0.15) is 11.1 Å². The summed E-state index contributed by atoms with van der Waals surface area (Å²) < 4.78 is 0. The zero-order valence-corrected chi connectivity index (χ0v) is 60.1. The van der Waals surface area contributed by atoms with Crippen LogP contribution in [0, 0.1) is 131 Å². The zero-order chi connectivity index (χ0) is 59.3. The molecule has 0 N–H and O–H groups in total. The van der Waals surface area contributed by atoms with Crippen LogP contribution >= 0.6 is 0 Å². The van der Waals surface area contributed by atoms with E-state index >= 15 is 0 Å². The van der Waals surface area contributed by atoms with Crippen molar-refractivity contribution in [1.29, 1.82) is 0 Å². The van der Waals surface area contributed by atoms with Gasteiger partial charge in [0.25, 0.3) is 0 Å². The molecule has 0 nitrogen and oxygen atoms in total. The molecule has 0 fully saturated rings. The van der Waals surface area contributed by atoms with Crippen molar-refractivity contribution in [2.45, 2.75) is 157 Å². The molecule has 0 amide bonds. The quantitative estimate of drug-likeness (QED) is 0.0727. The molecular formula is C81H87Cl3SiTi. The standard InChI is InChI=1S/C81H87Si.3ClH.Ti/c1-45-23-51(7)75(52(8)24-45)66-35-67(76-53(9)25-46(2)26-54(76)10)39-72(38-66)82(81(22)44-63(19)64(20)65(81)21,73-40-68(77-55(11)27-47(3)28-56(77)12)36-69(41-73)78-57(13)29-48(4)30-58(78)14)74-42-70(79-59(15)31-49(5)32-60(79)16)37-71(43-74)80-61(17)33-50(6)34-62(80)18;;;;/h23-43H,1-22H3;3*1H;/q-1;;;;+4/p-3. The topological polar surface area (TPSA) is 0 Å². The number of benzene rings is 9. The smallest absolute Gasteiger partial charge is 1.00 e. The summed E-state index contributed by atoms with van der Waals surface area (Å²) in [5.74, 6) is 0. The van der Waals surface area contributed by atoms with Crippen LogP contribution in [0.2, 0.25) is 5.04 Å². The molecule has 9 aromatic rings. The molecule has 0 aliphatic heterocycles. The predicted octanol–water partition coefficient (Wildman–Crippen LogP) is 11.6. The van der Waals surface area contributed by atoms with Crippen LogP contribution in [0.25, 0.3) is 66.8 Å². The number of hydrogen-bond donors (Lipinski definition) is 0. The summed E-state index contributed by atoms with van der Waals surface area (Å²) in [4.78, 5) is 0. The van der Waals surface area contributed by atoms with Crippen LogP contribution in [-0.4, -0.2) is 8.07 Å². The molecule has 5 heteroatoms. The largest absolute Gasteiger partial charge is 4.00 e. The fourth-order valence-corrected chi connectivity index (χ4v) is 22.3. The Morgan fingerprint density at radius 2 is 0.419 bits per heavy atom. The number of allylic oxidation sites excluding steroid dienone is 4. The van der Waals surface area contributed by atoms with E-state index in [2.05, 4.69) is 286 Å². The molecule has 10 rings (SSSR count). The van der Waals surface area contributed by atoms with E-state index in [0.717, 1.165) is 0 Å². The van der Waals surface area contributed by atoms with Gasteiger partial charge in [0.05, 0.1) is 0 Å². The first-order chi connectivity index (χ1) is 38.6. The van der Waals surface area contributed by atoms with E-state index in [0.29, 0.717) is 0 Å². The third kappa shape index (κ3) is 12.1. The number of aryl methyl sites for hydroxylation is 18. The Morgan fingerprint density at radius 3 is 0.558 bits per heavy atom. The summed E-state index contributed by atoms with van der Waals surface area (Å²) in [5.41, 5.74) is 42.7. The molecule has 0 radical (unpaired) electrons. The van der Waals surface area contributed by atoms with Crippen LogP contribution in [0.1, 0.15) is 128 Å². The van der Waals surface area contributed by atoms with Gasteiger partial charge in [-0.25, -0.2) is 5.57 Å². The average Bonchev–Trinajstić information content (AvgIpc) is 3.54. The SMILES string of the molecule is CC1=[C-]C(C)([Si](c2cc(-c3c(C)cc(C)cc3C)cc(-c3c(C)cc(C)cc3C)c2)(c2cc(-c3c(C)cc(C)cc3C)cc(-c3c(C)cc(C)cc3C)c2)c2cc(-c3c(C)cc(C)cc3C)cc(-c3c(C)cc(C)cc3C)c2)C(C)=C1C.[Cl-].[Cl-].[Cl-].[Ti+4]. The van der Waals surface area contributed by atoms with Gasteiger partial charge < -0.3 is 37.2 Å². The Kier molecular flexibility index (Phi) is 21.1. The molecule has 1 aliphatic carbocycles. The van der Waals surface area contributed by atoms with Gasteiger partial charge in [0.15, 0.2) is 0 Å². The van der Waals surface area contributed by atoms with E-state index in [1.165, 1.54) is 199 Å². The van der Waals surface area contributed by atoms with Crippen molar-refractivity contribution >= 4 is 23.6 Å². The molecule has 440 valence electrons. The van der Waals surface area contributed by atoms with Crippen molar-refractivity contribution < 1.29 is 58.9 Å². The van der Waals surface area contributed by atoms with Crippen molar-refractivity contribution in [2.24, 2.45) is 0 Å². The van der Waals surface area contributed by atoms with Gasteiger partial charge in [0.2, 0.25) is 0 Å². The maximum absolute atomic E-state index is 4.51. The van der Waals surface area contributed by atoms with E-state index in [1.807, 2.05) is 0 Å². The monoisotopic (exact) mass is 1240 g/mol. The Bertz CT molecular complexity index is 3490. The number of halogens is 3. The number of rotatable bonds is 10. The first-order valence-electron chi connectivity index (χ1n) is 29.9. The van der Waals surface area contributed by atoms with Crippen LogP contribution < -0.4 is 52.8 Å². The predicted molar refractivity (Wildman–Crippen MR) is 361 cm³/mol. The molecular weight excluding hydrogens is 1160 g/mol. The second-order valence-corrected chi connectivity index (χ2v) is 30.1. The minimum absolute atomic E-state index is 0. The maximum Gasteiger partial charge on any atom is 4.00 e. The molecule has 0 saturated heterocycles. The van der Waals surface area contributed by atoms with Crippen molar-refractivity contribution in [3.05, 3.63) is 250 Å². The van der Waals surface area contributed by atoms with Crippen LogP contribution in [-0.2, 0) is 21.7 Å². The van der Waals surface area contributed by atoms with Crippen molar-refractivity contribution in [3.63, 3.8) is 0 Å². The fourth-order valence-electron chi connectivity index (χ4n) is 16.2. The number of hydrogen-bond acceptors (Lipinski definition) is 0. The molecule has 86 heavy (non-hydrogen) atoms. The third-order valence-electron chi connectivity index (χ3n) is 19.0. The average molecular weight is 1240 g/mol. The Labute approximate surface area is 552 Å². The van der Waals surface area contributed by atoms with Gasteiger partial charge in [0, 0.05) is 0 Å². The molecule has 1 aliphatic rings. The maximum atomic E-state index is 4.51. The van der Waals surface area contributed by atoms with Crippen LogP contribution in [0.3, 0.4) is 0 Å². The molecule has 1 unspecified atom stereocenters. The molecule has 0 bridgehead atoms. The van der Waals surface area contributed by atoms with Crippen LogP contribution in [0.15, 0.2) is 144 Å². The van der Waals surface area contributed by atoms with Crippen molar-refractivity contribution in [3.8, 4) is 66.8 Å². The fraction of sp³-hybridized carbons (Fsp3) is 0.284. The second-order valence-electron chi connectivity index (χ2n) is 25.9. The second kappa shape index (κ2) is 26.1. The summed E-state index contributed by atoms with van der Waals surface area (Å²) in [6.45, 7) is 51.1. The molecule has 0 heterocycles. The van der Waals surface area contributed by atoms with E-state index in [4.69, 9.17) is 0 Å². The Morgan fingerprint density at radius 1 is 0.256 bits per heavy atom. The summed E-state index contributed by atoms with van der Waals surface area (Å²) in [6, 6.07) is 52.3. The van der Waals surface area contributed by atoms with Gasteiger partial charge in [0.1, 0.15) is 8.07 Å². The van der Waals surface area contributed by atoms with E-state index in [-0.39, 0.29) is 58.9 Å². The summed E-state index contributed by atoms with van der Waals surface area (Å²) in [7, 11) is -3.71. The van der Waals surface area contributed by atoms with E-state index in [9.17, 15) is 0 Å². The molecule has 1 atom stereocenters. The van der Waals surface area contributed by atoms with Crippen molar-refractivity contribution in [1.82, 2.24) is 0 Å².